The Balaban J connectivity index is 0.989. The number of unbranched alkanes of at least 4 members (excludes halogenated alkanes) is 8. The normalized spacial score (nSPS) is 24.4. The first-order chi connectivity index (χ1) is 48.6. The van der Waals surface area contributed by atoms with Gasteiger partial charge in [-0.1, -0.05) is 221 Å². The zero-order valence-electron chi connectivity index (χ0n) is 55.8. The average molecular weight is 1360 g/mol. The predicted octanol–water partition coefficient (Wildman–Crippen LogP) is 11.7. The second kappa shape index (κ2) is 39.7. The standard InChI is InChI=1S/C79H90O20/c1-86-65(81)46-30-7-5-3-2-4-6-8-31-47-87-78-73(99-79-72(98-76(85)61-44-28-15-29-45-61)69(97-75(84)60-42-26-14-27-43-60)64(96-79)53-92-74(83)59-40-24-13-25-41-59)71(91-52-58-38-22-12-23-39-58)68(89-50-56-34-18-10-19-35-56)63(95-78)54-93-77-66(82)70(90-51-57-36-20-11-21-37-57)67(62(48-80)94-77)88-49-55-32-16-9-17-33-55/h9-29,32-45,62-64,66-73,77-80,82H,2-8,30-31,46-54H2,1H3/t62-,63-,64+,66-,67+,68+,69+,70-,71+,72-,73-,77-,78-,79-/m1/s1. The lowest BCUT2D eigenvalue weighted by atomic mass is 9.97. The zero-order chi connectivity index (χ0) is 68.8. The molecule has 2 N–H and O–H groups in total. The third-order valence-electron chi connectivity index (χ3n) is 17.4. The molecule has 0 bridgehead atoms. The quantitative estimate of drug-likeness (QED) is 0.0208. The van der Waals surface area contributed by atoms with Gasteiger partial charge in [-0.05, 0) is 71.5 Å². The fourth-order valence-corrected chi connectivity index (χ4v) is 12.1. The number of ether oxygens (including phenoxy) is 14. The highest BCUT2D eigenvalue weighted by Crippen LogP contribution is 2.38. The minimum atomic E-state index is -1.62. The third kappa shape index (κ3) is 22.2. The van der Waals surface area contributed by atoms with Crippen molar-refractivity contribution in [1.82, 2.24) is 0 Å². The first kappa shape index (κ1) is 73.7. The minimum absolute atomic E-state index is 0.00287. The monoisotopic (exact) mass is 1360 g/mol. The molecule has 99 heavy (non-hydrogen) atoms. The van der Waals surface area contributed by atoms with Crippen molar-refractivity contribution in [3.05, 3.63) is 251 Å². The van der Waals surface area contributed by atoms with Gasteiger partial charge in [0.25, 0.3) is 0 Å². The highest BCUT2D eigenvalue weighted by atomic mass is 16.8. The van der Waals surface area contributed by atoms with Crippen molar-refractivity contribution in [2.45, 2.75) is 177 Å². The number of carbonyl (C=O) groups excluding carboxylic acids is 4. The SMILES string of the molecule is COC(=O)CCCCCCCCCCCO[C@@H]1O[C@H](CO[C@@H]2O[C@H](CO)[C@H](OCc3ccccc3)[C@H](OCc3ccccc3)[C@H]2O)[C@H](OCc2ccccc2)[C@H](OCc2ccccc2)[C@H]1O[C@H]1O[C@@H](COC(=O)c2ccccc2)[C@H](OC(=O)c2ccccc2)[C@H]1OC(=O)c1ccccc1. The average Bonchev–Trinajstić information content (AvgIpc) is 1.76. The lowest BCUT2D eigenvalue weighted by Gasteiger charge is -2.47. The van der Waals surface area contributed by atoms with E-state index in [1.807, 2.05) is 121 Å². The Labute approximate surface area is 578 Å². The van der Waals surface area contributed by atoms with E-state index in [0.29, 0.717) is 12.8 Å². The summed E-state index contributed by atoms with van der Waals surface area (Å²) in [7, 11) is 1.40. The molecule has 20 heteroatoms. The summed E-state index contributed by atoms with van der Waals surface area (Å²) in [5, 5.41) is 23.6. The Kier molecular flexibility index (Phi) is 29.5. The van der Waals surface area contributed by atoms with Gasteiger partial charge < -0.3 is 76.5 Å². The molecule has 0 unspecified atom stereocenters. The van der Waals surface area contributed by atoms with Crippen molar-refractivity contribution in [1.29, 1.82) is 0 Å². The van der Waals surface area contributed by atoms with Gasteiger partial charge in [-0.3, -0.25) is 4.79 Å². The van der Waals surface area contributed by atoms with Crippen LogP contribution in [0.25, 0.3) is 0 Å². The molecule has 3 heterocycles. The summed E-state index contributed by atoms with van der Waals surface area (Å²) in [6, 6.07) is 62.9. The number of hydrogen-bond acceptors (Lipinski definition) is 20. The van der Waals surface area contributed by atoms with E-state index in [0.717, 1.165) is 73.6 Å². The molecule has 0 radical (unpaired) electrons. The largest absolute Gasteiger partial charge is 0.469 e. The van der Waals surface area contributed by atoms with Crippen LogP contribution in [0.4, 0.5) is 0 Å². The Hall–Kier alpha value is -8.06. The molecular weight excluding hydrogens is 1270 g/mol. The van der Waals surface area contributed by atoms with Gasteiger partial charge in [0.15, 0.2) is 31.1 Å². The molecule has 10 rings (SSSR count). The third-order valence-corrected chi connectivity index (χ3v) is 17.4. The van der Waals surface area contributed by atoms with Crippen molar-refractivity contribution < 1.29 is 95.7 Å². The molecule has 0 saturated carbocycles. The lowest BCUT2D eigenvalue weighted by molar-refractivity contribution is -0.361. The number of aliphatic hydroxyl groups excluding tert-OH is 2. The molecule has 0 aliphatic carbocycles. The molecule has 0 aromatic heterocycles. The van der Waals surface area contributed by atoms with Crippen LogP contribution in [0.3, 0.4) is 0 Å². The van der Waals surface area contributed by atoms with Gasteiger partial charge in [-0.15, -0.1) is 0 Å². The number of hydrogen-bond donors (Lipinski definition) is 2. The van der Waals surface area contributed by atoms with E-state index in [1.54, 1.807) is 91.0 Å². The van der Waals surface area contributed by atoms with Crippen molar-refractivity contribution >= 4 is 23.9 Å². The van der Waals surface area contributed by atoms with Crippen LogP contribution in [-0.4, -0.2) is 154 Å². The Morgan fingerprint density at radius 1 is 0.364 bits per heavy atom. The smallest absolute Gasteiger partial charge is 0.338 e. The molecule has 3 aliphatic heterocycles. The van der Waals surface area contributed by atoms with E-state index in [4.69, 9.17) is 66.3 Å². The molecule has 0 spiro atoms. The molecule has 3 fully saturated rings. The van der Waals surface area contributed by atoms with Crippen molar-refractivity contribution in [2.75, 3.05) is 33.5 Å². The summed E-state index contributed by atoms with van der Waals surface area (Å²) >= 11 is 0. The second-order valence-electron chi connectivity index (χ2n) is 24.6. The molecular formula is C79H90O20. The molecule has 7 aromatic carbocycles. The fourth-order valence-electron chi connectivity index (χ4n) is 12.1. The Morgan fingerprint density at radius 2 is 0.747 bits per heavy atom. The number of aliphatic hydroxyl groups is 2. The van der Waals surface area contributed by atoms with Gasteiger partial charge in [-0.25, -0.2) is 14.4 Å². The van der Waals surface area contributed by atoms with Crippen LogP contribution in [0.2, 0.25) is 0 Å². The number of carbonyl (C=O) groups is 4. The highest BCUT2D eigenvalue weighted by Gasteiger charge is 2.57. The van der Waals surface area contributed by atoms with Crippen molar-refractivity contribution in [3.8, 4) is 0 Å². The van der Waals surface area contributed by atoms with E-state index in [9.17, 15) is 29.4 Å². The molecule has 20 nitrogen and oxygen atoms in total. The van der Waals surface area contributed by atoms with Gasteiger partial charge in [0.2, 0.25) is 0 Å². The summed E-state index contributed by atoms with van der Waals surface area (Å²) in [6.45, 7) is -0.928. The van der Waals surface area contributed by atoms with Crippen LogP contribution in [0.1, 0.15) is 118 Å². The van der Waals surface area contributed by atoms with Gasteiger partial charge in [-0.2, -0.15) is 0 Å². The van der Waals surface area contributed by atoms with E-state index >= 15 is 0 Å². The Morgan fingerprint density at radius 3 is 1.22 bits per heavy atom. The number of methoxy groups -OCH3 is 1. The van der Waals surface area contributed by atoms with Crippen LogP contribution in [-0.2, 0) is 97.5 Å². The summed E-state index contributed by atoms with van der Waals surface area (Å²) in [5.41, 5.74) is 3.89. The first-order valence-corrected chi connectivity index (χ1v) is 34.2. The van der Waals surface area contributed by atoms with Gasteiger partial charge >= 0.3 is 23.9 Å². The molecule has 3 aliphatic rings. The number of rotatable bonds is 38. The topological polar surface area (TPSA) is 238 Å². The van der Waals surface area contributed by atoms with E-state index in [1.165, 1.54) is 7.11 Å². The summed E-state index contributed by atoms with van der Waals surface area (Å²) in [6.07, 6.45) is -9.48. The van der Waals surface area contributed by atoms with Crippen LogP contribution in [0.5, 0.6) is 0 Å². The molecule has 3 saturated heterocycles. The van der Waals surface area contributed by atoms with Crippen molar-refractivity contribution in [3.63, 3.8) is 0 Å². The lowest BCUT2D eigenvalue weighted by Crippen LogP contribution is -2.64. The maximum absolute atomic E-state index is 14.5. The zero-order valence-corrected chi connectivity index (χ0v) is 55.8. The molecule has 0 amide bonds. The molecule has 14 atom stereocenters. The van der Waals surface area contributed by atoms with Crippen LogP contribution in [0.15, 0.2) is 212 Å². The van der Waals surface area contributed by atoms with Gasteiger partial charge in [0.05, 0.1) is 63.4 Å². The van der Waals surface area contributed by atoms with Crippen molar-refractivity contribution in [2.24, 2.45) is 0 Å². The maximum Gasteiger partial charge on any atom is 0.338 e. The maximum atomic E-state index is 14.5. The number of esters is 4. The number of benzene rings is 7. The summed E-state index contributed by atoms with van der Waals surface area (Å²) in [4.78, 5) is 54.2. The van der Waals surface area contributed by atoms with E-state index < -0.39 is 117 Å². The van der Waals surface area contributed by atoms with Gasteiger partial charge in [0.1, 0.15) is 61.5 Å². The highest BCUT2D eigenvalue weighted by molar-refractivity contribution is 5.91. The van der Waals surface area contributed by atoms with Crippen LogP contribution in [0, 0.1) is 0 Å². The Bertz CT molecular complexity index is 3450. The van der Waals surface area contributed by atoms with Crippen LogP contribution < -0.4 is 0 Å². The summed E-state index contributed by atoms with van der Waals surface area (Å²) < 4.78 is 91.9. The minimum Gasteiger partial charge on any atom is -0.469 e. The fraction of sp³-hybridized carbons (Fsp3) is 0.418. The first-order valence-electron chi connectivity index (χ1n) is 34.2. The van der Waals surface area contributed by atoms with Gasteiger partial charge in [0, 0.05) is 13.0 Å². The van der Waals surface area contributed by atoms with E-state index in [2.05, 4.69) is 0 Å². The van der Waals surface area contributed by atoms with E-state index in [-0.39, 0.29) is 62.3 Å². The van der Waals surface area contributed by atoms with Crippen LogP contribution >= 0.6 is 0 Å². The molecule has 7 aromatic rings. The predicted molar refractivity (Wildman–Crippen MR) is 362 cm³/mol. The summed E-state index contributed by atoms with van der Waals surface area (Å²) in [5.74, 6) is -2.48. The molecule has 526 valence electrons. The second-order valence-corrected chi connectivity index (χ2v) is 24.6.